The molecule has 0 amide bonds. The number of rotatable bonds is 10. The fraction of sp³-hybridized carbons (Fsp3) is 0.769. The Kier molecular flexibility index (Phi) is 7.30. The fourth-order valence-corrected chi connectivity index (χ4v) is 3.46. The zero-order valence-corrected chi connectivity index (χ0v) is 14.0. The lowest BCUT2D eigenvalue weighted by molar-refractivity contribution is 0.173. The molecule has 1 rings (SSSR count). The zero-order valence-electron chi connectivity index (χ0n) is 13.2. The third-order valence-corrected chi connectivity index (χ3v) is 4.69. The number of sulfonamides is 1. The molecule has 0 radical (unpaired) electrons. The van der Waals surface area contributed by atoms with Gasteiger partial charge in [0.2, 0.25) is 0 Å². The number of aryl methyl sites for hydroxylation is 1. The normalized spacial score (nSPS) is 13.5. The first-order chi connectivity index (χ1) is 9.96. The number of methoxy groups -OCH3 is 1. The predicted octanol–water partition coefficient (Wildman–Crippen LogP) is 0.921. The molecule has 0 aliphatic heterocycles. The standard InChI is InChI=1S/C13H26N4O3S/c1-5-7-14-8-12-10(3)15-16-13(12)21(18,19)17-11(6-2)9-20-4/h11,14,17H,5-9H2,1-4H3,(H,15,16). The van der Waals surface area contributed by atoms with E-state index in [0.717, 1.165) is 18.7 Å². The molecule has 0 saturated heterocycles. The molecule has 7 nitrogen and oxygen atoms in total. The lowest BCUT2D eigenvalue weighted by Crippen LogP contribution is -2.38. The Bertz CT molecular complexity index is 528. The van der Waals surface area contributed by atoms with Gasteiger partial charge in [-0.15, -0.1) is 0 Å². The van der Waals surface area contributed by atoms with Crippen molar-refractivity contribution in [3.05, 3.63) is 11.3 Å². The molecule has 1 aromatic heterocycles. The number of H-pyrrole nitrogens is 1. The molecule has 0 bridgehead atoms. The fourth-order valence-electron chi connectivity index (χ4n) is 1.96. The van der Waals surface area contributed by atoms with Gasteiger partial charge >= 0.3 is 0 Å². The van der Waals surface area contributed by atoms with Crippen LogP contribution >= 0.6 is 0 Å². The van der Waals surface area contributed by atoms with Crippen LogP contribution in [-0.4, -0.2) is 44.9 Å². The number of aromatic nitrogens is 2. The third kappa shape index (κ3) is 5.06. The largest absolute Gasteiger partial charge is 0.383 e. The Morgan fingerprint density at radius 2 is 2.10 bits per heavy atom. The van der Waals surface area contributed by atoms with Crippen molar-refractivity contribution >= 4 is 10.0 Å². The number of hydrogen-bond donors (Lipinski definition) is 3. The third-order valence-electron chi connectivity index (χ3n) is 3.20. The molecule has 3 N–H and O–H groups in total. The van der Waals surface area contributed by atoms with E-state index in [1.54, 1.807) is 7.11 Å². The van der Waals surface area contributed by atoms with E-state index < -0.39 is 10.0 Å². The molecule has 1 atom stereocenters. The van der Waals surface area contributed by atoms with Gasteiger partial charge in [-0.1, -0.05) is 13.8 Å². The Labute approximate surface area is 126 Å². The zero-order chi connectivity index (χ0) is 15.9. The highest BCUT2D eigenvalue weighted by Crippen LogP contribution is 2.16. The quantitative estimate of drug-likeness (QED) is 0.558. The minimum atomic E-state index is -3.65. The molecular formula is C13H26N4O3S. The van der Waals surface area contributed by atoms with Gasteiger partial charge < -0.3 is 10.1 Å². The first kappa shape index (κ1) is 18.1. The molecule has 1 heterocycles. The van der Waals surface area contributed by atoms with E-state index in [4.69, 9.17) is 4.74 Å². The monoisotopic (exact) mass is 318 g/mol. The highest BCUT2D eigenvalue weighted by atomic mass is 32.2. The first-order valence-electron chi connectivity index (χ1n) is 7.22. The van der Waals surface area contributed by atoms with Gasteiger partial charge in [-0.05, 0) is 26.3 Å². The smallest absolute Gasteiger partial charge is 0.260 e. The maximum absolute atomic E-state index is 12.5. The Hall–Kier alpha value is -0.960. The van der Waals surface area contributed by atoms with Crippen molar-refractivity contribution in [1.82, 2.24) is 20.2 Å². The maximum Gasteiger partial charge on any atom is 0.260 e. The molecule has 0 aliphatic rings. The molecule has 1 unspecified atom stereocenters. The van der Waals surface area contributed by atoms with Crippen LogP contribution in [0.2, 0.25) is 0 Å². The van der Waals surface area contributed by atoms with Gasteiger partial charge in [-0.25, -0.2) is 13.1 Å². The molecule has 122 valence electrons. The summed E-state index contributed by atoms with van der Waals surface area (Å²) < 4.78 is 32.6. The summed E-state index contributed by atoms with van der Waals surface area (Å²) in [6.07, 6.45) is 1.64. The van der Waals surface area contributed by atoms with E-state index in [1.165, 1.54) is 0 Å². The van der Waals surface area contributed by atoms with Crippen molar-refractivity contribution in [2.24, 2.45) is 0 Å². The molecule has 0 fully saturated rings. The molecule has 0 saturated carbocycles. The van der Waals surface area contributed by atoms with Crippen LogP contribution in [0.3, 0.4) is 0 Å². The van der Waals surface area contributed by atoms with Crippen LogP contribution in [0.4, 0.5) is 0 Å². The number of nitrogens with zero attached hydrogens (tertiary/aromatic N) is 1. The summed E-state index contributed by atoms with van der Waals surface area (Å²) in [7, 11) is -2.10. The molecule has 8 heteroatoms. The van der Waals surface area contributed by atoms with Crippen molar-refractivity contribution in [3.63, 3.8) is 0 Å². The highest BCUT2D eigenvalue weighted by Gasteiger charge is 2.26. The number of hydrogen-bond acceptors (Lipinski definition) is 5. The average Bonchev–Trinajstić information content (AvgIpc) is 2.81. The van der Waals surface area contributed by atoms with Crippen molar-refractivity contribution in [2.75, 3.05) is 20.3 Å². The van der Waals surface area contributed by atoms with E-state index in [-0.39, 0.29) is 11.1 Å². The lowest BCUT2D eigenvalue weighted by Gasteiger charge is -2.15. The van der Waals surface area contributed by atoms with Gasteiger partial charge in [0.05, 0.1) is 6.61 Å². The average molecular weight is 318 g/mol. The lowest BCUT2D eigenvalue weighted by atomic mass is 10.2. The second kappa shape index (κ2) is 8.47. The minimum Gasteiger partial charge on any atom is -0.383 e. The summed E-state index contributed by atoms with van der Waals surface area (Å²) >= 11 is 0. The van der Waals surface area contributed by atoms with Crippen molar-refractivity contribution < 1.29 is 13.2 Å². The van der Waals surface area contributed by atoms with Crippen molar-refractivity contribution in [2.45, 2.75) is 51.2 Å². The SMILES string of the molecule is CCCNCc1c(S(=O)(=O)NC(CC)COC)n[nH]c1C. The summed E-state index contributed by atoms with van der Waals surface area (Å²) in [6, 6.07) is -0.256. The van der Waals surface area contributed by atoms with Gasteiger partial charge in [0.15, 0.2) is 5.03 Å². The Morgan fingerprint density at radius 1 is 1.38 bits per heavy atom. The number of nitrogens with one attached hydrogen (secondary N) is 3. The first-order valence-corrected chi connectivity index (χ1v) is 8.70. The summed E-state index contributed by atoms with van der Waals surface area (Å²) in [5, 5.41) is 9.98. The summed E-state index contributed by atoms with van der Waals surface area (Å²) in [5.41, 5.74) is 1.45. The van der Waals surface area contributed by atoms with Gasteiger partial charge in [0.25, 0.3) is 10.0 Å². The van der Waals surface area contributed by atoms with Crippen LogP contribution in [0.5, 0.6) is 0 Å². The van der Waals surface area contributed by atoms with E-state index in [2.05, 4.69) is 27.2 Å². The van der Waals surface area contributed by atoms with Gasteiger partial charge in [0.1, 0.15) is 0 Å². The molecule has 0 spiro atoms. The molecular weight excluding hydrogens is 292 g/mol. The van der Waals surface area contributed by atoms with Crippen LogP contribution in [-0.2, 0) is 21.3 Å². The molecule has 21 heavy (non-hydrogen) atoms. The second-order valence-corrected chi connectivity index (χ2v) is 6.62. The van der Waals surface area contributed by atoms with Crippen LogP contribution < -0.4 is 10.0 Å². The topological polar surface area (TPSA) is 96.1 Å². The van der Waals surface area contributed by atoms with Gasteiger partial charge in [0, 0.05) is 31.0 Å². The molecule has 0 aliphatic carbocycles. The molecule has 0 aromatic carbocycles. The summed E-state index contributed by atoms with van der Waals surface area (Å²) in [6.45, 7) is 7.44. The number of aromatic amines is 1. The Balaban J connectivity index is 2.92. The van der Waals surface area contributed by atoms with E-state index >= 15 is 0 Å². The minimum absolute atomic E-state index is 0.0677. The second-order valence-electron chi connectivity index (χ2n) is 4.99. The summed E-state index contributed by atoms with van der Waals surface area (Å²) in [5.74, 6) is 0. The molecule has 1 aromatic rings. The van der Waals surface area contributed by atoms with E-state index in [9.17, 15) is 8.42 Å². The van der Waals surface area contributed by atoms with Crippen molar-refractivity contribution in [1.29, 1.82) is 0 Å². The highest BCUT2D eigenvalue weighted by molar-refractivity contribution is 7.89. The summed E-state index contributed by atoms with van der Waals surface area (Å²) in [4.78, 5) is 0. The van der Waals surface area contributed by atoms with Gasteiger partial charge in [-0.3, -0.25) is 5.10 Å². The van der Waals surface area contributed by atoms with Crippen LogP contribution in [0, 0.1) is 6.92 Å². The Morgan fingerprint density at radius 3 is 2.67 bits per heavy atom. The predicted molar refractivity (Wildman–Crippen MR) is 81.6 cm³/mol. The van der Waals surface area contributed by atoms with Gasteiger partial charge in [-0.2, -0.15) is 5.10 Å². The number of ether oxygens (including phenoxy) is 1. The van der Waals surface area contributed by atoms with E-state index in [0.29, 0.717) is 25.1 Å². The van der Waals surface area contributed by atoms with E-state index in [1.807, 2.05) is 13.8 Å². The van der Waals surface area contributed by atoms with Crippen molar-refractivity contribution in [3.8, 4) is 0 Å². The van der Waals surface area contributed by atoms with Crippen LogP contribution in [0.25, 0.3) is 0 Å². The van der Waals surface area contributed by atoms with Crippen LogP contribution in [0.15, 0.2) is 5.03 Å². The maximum atomic E-state index is 12.5. The van der Waals surface area contributed by atoms with Crippen LogP contribution in [0.1, 0.15) is 37.9 Å².